The second kappa shape index (κ2) is 6.44. The predicted molar refractivity (Wildman–Crippen MR) is 94.1 cm³/mol. The van der Waals surface area contributed by atoms with Crippen molar-refractivity contribution in [3.8, 4) is 0 Å². The third kappa shape index (κ3) is 3.09. The Hall–Kier alpha value is -2.48. The van der Waals surface area contributed by atoms with Gasteiger partial charge in [-0.25, -0.2) is 14.6 Å². The minimum absolute atomic E-state index is 0.0559. The van der Waals surface area contributed by atoms with Gasteiger partial charge < -0.3 is 15.0 Å². The van der Waals surface area contributed by atoms with E-state index in [2.05, 4.69) is 20.4 Å². The quantitative estimate of drug-likeness (QED) is 0.873. The topological polar surface area (TPSA) is 85.2 Å². The zero-order valence-corrected chi connectivity index (χ0v) is 14.5. The minimum Gasteiger partial charge on any atom is -0.377 e. The zero-order chi connectivity index (χ0) is 17.4. The Morgan fingerprint density at radius 2 is 2.12 bits per heavy atom. The number of aryl methyl sites for hydroxylation is 2. The Kier molecular flexibility index (Phi) is 4.12. The molecule has 1 saturated heterocycles. The van der Waals surface area contributed by atoms with Crippen LogP contribution in [-0.4, -0.2) is 53.1 Å². The maximum Gasteiger partial charge on any atom is 0.267 e. The summed E-state index contributed by atoms with van der Waals surface area (Å²) >= 11 is 0. The lowest BCUT2D eigenvalue weighted by molar-refractivity contribution is 0.182. The van der Waals surface area contributed by atoms with E-state index < -0.39 is 0 Å². The van der Waals surface area contributed by atoms with Crippen LogP contribution in [0.5, 0.6) is 0 Å². The first kappa shape index (κ1) is 16.0. The molecule has 25 heavy (non-hydrogen) atoms. The largest absolute Gasteiger partial charge is 0.377 e. The molecule has 1 fully saturated rings. The summed E-state index contributed by atoms with van der Waals surface area (Å²) in [5.74, 6) is 1.54. The van der Waals surface area contributed by atoms with E-state index in [4.69, 9.17) is 4.74 Å². The fraction of sp³-hybridized carbons (Fsp3) is 0.529. The first-order valence-corrected chi connectivity index (χ1v) is 8.57. The van der Waals surface area contributed by atoms with Crippen LogP contribution in [0.1, 0.15) is 23.7 Å². The maximum absolute atomic E-state index is 12.5. The number of aromatic nitrogens is 4. The van der Waals surface area contributed by atoms with E-state index in [9.17, 15) is 4.79 Å². The van der Waals surface area contributed by atoms with Crippen molar-refractivity contribution < 1.29 is 4.74 Å². The molecule has 0 aromatic carbocycles. The lowest BCUT2D eigenvalue weighted by Crippen LogP contribution is -2.38. The smallest absolute Gasteiger partial charge is 0.267 e. The Labute approximate surface area is 145 Å². The molecule has 2 aromatic rings. The first-order valence-electron chi connectivity index (χ1n) is 8.57. The third-order valence-electron chi connectivity index (χ3n) is 4.79. The van der Waals surface area contributed by atoms with Crippen molar-refractivity contribution in [3.05, 3.63) is 40.1 Å². The van der Waals surface area contributed by atoms with Gasteiger partial charge >= 0.3 is 0 Å². The maximum atomic E-state index is 12.5. The van der Waals surface area contributed by atoms with Gasteiger partial charge in [0.1, 0.15) is 24.0 Å². The number of nitrogens with zero attached hydrogens (tertiary/aromatic N) is 5. The summed E-state index contributed by atoms with van der Waals surface area (Å²) in [6, 6.07) is 3.42. The Bertz CT molecular complexity index is 834. The Morgan fingerprint density at radius 3 is 2.96 bits per heavy atom. The fourth-order valence-electron chi connectivity index (χ4n) is 3.44. The molecular weight excluding hydrogens is 320 g/mol. The standard InChI is InChI=1S/C17H22N6O2/c1-22(2)16-7-15(18-10-19-16)20-13-8-25-9-14(13)23-17(24)6-11-4-3-5-12(11)21-23/h6-7,10,13-14H,3-5,8-9H2,1-2H3,(H,18,19,20). The van der Waals surface area contributed by atoms with Crippen molar-refractivity contribution >= 4 is 11.6 Å². The van der Waals surface area contributed by atoms with Crippen LogP contribution in [0.2, 0.25) is 0 Å². The highest BCUT2D eigenvalue weighted by molar-refractivity contribution is 5.48. The lowest BCUT2D eigenvalue weighted by atomic mass is 10.1. The second-order valence-corrected chi connectivity index (χ2v) is 6.76. The third-order valence-corrected chi connectivity index (χ3v) is 4.79. The number of fused-ring (bicyclic) bond motifs is 1. The van der Waals surface area contributed by atoms with E-state index in [1.54, 1.807) is 10.7 Å². The average molecular weight is 342 g/mol. The summed E-state index contributed by atoms with van der Waals surface area (Å²) in [5.41, 5.74) is 2.08. The summed E-state index contributed by atoms with van der Waals surface area (Å²) < 4.78 is 7.22. The molecule has 0 saturated carbocycles. The molecule has 1 aliphatic carbocycles. The van der Waals surface area contributed by atoms with Gasteiger partial charge in [-0.2, -0.15) is 5.10 Å². The first-order chi connectivity index (χ1) is 12.1. The highest BCUT2D eigenvalue weighted by Gasteiger charge is 2.32. The van der Waals surface area contributed by atoms with Gasteiger partial charge in [0.05, 0.1) is 24.9 Å². The van der Waals surface area contributed by atoms with Crippen LogP contribution in [0.3, 0.4) is 0 Å². The van der Waals surface area contributed by atoms with Gasteiger partial charge in [-0.1, -0.05) is 0 Å². The summed E-state index contributed by atoms with van der Waals surface area (Å²) in [6.07, 6.45) is 4.50. The van der Waals surface area contributed by atoms with Crippen molar-refractivity contribution in [2.24, 2.45) is 0 Å². The molecule has 2 aliphatic rings. The highest BCUT2D eigenvalue weighted by atomic mass is 16.5. The van der Waals surface area contributed by atoms with Crippen molar-refractivity contribution in [1.82, 2.24) is 19.7 Å². The van der Waals surface area contributed by atoms with Crippen LogP contribution < -0.4 is 15.8 Å². The van der Waals surface area contributed by atoms with Gasteiger partial charge in [0.25, 0.3) is 5.56 Å². The van der Waals surface area contributed by atoms with Gasteiger partial charge in [-0.15, -0.1) is 0 Å². The number of ether oxygens (including phenoxy) is 1. The van der Waals surface area contributed by atoms with E-state index in [-0.39, 0.29) is 17.6 Å². The summed E-state index contributed by atoms with van der Waals surface area (Å²) in [4.78, 5) is 22.9. The zero-order valence-electron chi connectivity index (χ0n) is 14.5. The van der Waals surface area contributed by atoms with Crippen LogP contribution in [0.25, 0.3) is 0 Å². The monoisotopic (exact) mass is 342 g/mol. The van der Waals surface area contributed by atoms with E-state index in [0.29, 0.717) is 19.0 Å². The van der Waals surface area contributed by atoms with Crippen molar-refractivity contribution in [2.45, 2.75) is 31.3 Å². The summed E-state index contributed by atoms with van der Waals surface area (Å²) in [5, 5.41) is 7.99. The lowest BCUT2D eigenvalue weighted by Gasteiger charge is -2.21. The number of anilines is 2. The number of hydrogen-bond donors (Lipinski definition) is 1. The molecule has 0 amide bonds. The molecule has 0 radical (unpaired) electrons. The van der Waals surface area contributed by atoms with Gasteiger partial charge in [-0.3, -0.25) is 4.79 Å². The van der Waals surface area contributed by atoms with E-state index in [0.717, 1.165) is 36.3 Å². The molecule has 0 bridgehead atoms. The minimum atomic E-state index is -0.142. The molecular formula is C17H22N6O2. The molecule has 1 N–H and O–H groups in total. The highest BCUT2D eigenvalue weighted by Crippen LogP contribution is 2.24. The molecule has 8 heteroatoms. The molecule has 1 aliphatic heterocycles. The van der Waals surface area contributed by atoms with Crippen molar-refractivity contribution in [3.63, 3.8) is 0 Å². The molecule has 8 nitrogen and oxygen atoms in total. The molecule has 3 heterocycles. The Balaban J connectivity index is 1.59. The van der Waals surface area contributed by atoms with Crippen LogP contribution in [0.4, 0.5) is 11.6 Å². The van der Waals surface area contributed by atoms with Gasteiger partial charge in [0.2, 0.25) is 0 Å². The van der Waals surface area contributed by atoms with Gasteiger partial charge in [0, 0.05) is 26.2 Å². The van der Waals surface area contributed by atoms with E-state index in [1.165, 1.54) is 6.33 Å². The van der Waals surface area contributed by atoms with Crippen LogP contribution in [-0.2, 0) is 17.6 Å². The van der Waals surface area contributed by atoms with Crippen LogP contribution in [0.15, 0.2) is 23.3 Å². The fourth-order valence-corrected chi connectivity index (χ4v) is 3.44. The number of hydrogen-bond acceptors (Lipinski definition) is 7. The summed E-state index contributed by atoms with van der Waals surface area (Å²) in [6.45, 7) is 0.978. The number of nitrogens with one attached hydrogen (secondary N) is 1. The van der Waals surface area contributed by atoms with E-state index in [1.807, 2.05) is 25.1 Å². The molecule has 0 spiro atoms. The van der Waals surface area contributed by atoms with Crippen LogP contribution in [0, 0.1) is 0 Å². The molecule has 2 aromatic heterocycles. The number of rotatable bonds is 4. The van der Waals surface area contributed by atoms with E-state index >= 15 is 0 Å². The molecule has 4 rings (SSSR count). The normalized spacial score (nSPS) is 22.0. The molecule has 2 unspecified atom stereocenters. The molecule has 132 valence electrons. The van der Waals surface area contributed by atoms with Crippen molar-refractivity contribution in [2.75, 3.05) is 37.5 Å². The predicted octanol–water partition coefficient (Wildman–Crippen LogP) is 0.640. The van der Waals surface area contributed by atoms with Crippen LogP contribution >= 0.6 is 0 Å². The second-order valence-electron chi connectivity index (χ2n) is 6.76. The SMILES string of the molecule is CN(C)c1cc(NC2COCC2n2nc3c(cc2=O)CCC3)ncn1. The van der Waals surface area contributed by atoms with Gasteiger partial charge in [-0.05, 0) is 24.8 Å². The molecule has 2 atom stereocenters. The van der Waals surface area contributed by atoms with Crippen molar-refractivity contribution in [1.29, 1.82) is 0 Å². The average Bonchev–Trinajstić information content (AvgIpc) is 3.23. The Morgan fingerprint density at radius 1 is 1.24 bits per heavy atom. The summed E-state index contributed by atoms with van der Waals surface area (Å²) in [7, 11) is 3.86. The van der Waals surface area contributed by atoms with Gasteiger partial charge in [0.15, 0.2) is 0 Å².